The van der Waals surface area contributed by atoms with Crippen LogP contribution < -0.4 is 11.1 Å². The zero-order chi connectivity index (χ0) is 14.4. The van der Waals surface area contributed by atoms with E-state index in [-0.39, 0.29) is 12.2 Å². The van der Waals surface area contributed by atoms with E-state index in [2.05, 4.69) is 5.32 Å². The molecule has 7 nitrogen and oxygen atoms in total. The number of aliphatic carboxylic acids is 1. The molecule has 0 saturated heterocycles. The van der Waals surface area contributed by atoms with Gasteiger partial charge in [0.05, 0.1) is 12.6 Å². The number of phenols is 1. The summed E-state index contributed by atoms with van der Waals surface area (Å²) in [4.78, 5) is 22.3. The largest absolute Gasteiger partial charge is 0.508 e. The molecule has 7 heteroatoms. The normalized spacial score (nSPS) is 13.6. The summed E-state index contributed by atoms with van der Waals surface area (Å²) in [6.07, 6.45) is 0.198. The van der Waals surface area contributed by atoms with Crippen LogP contribution in [-0.2, 0) is 16.0 Å². The maximum atomic E-state index is 11.6. The first kappa shape index (κ1) is 14.9. The third-order valence-corrected chi connectivity index (χ3v) is 2.53. The molecule has 0 unspecified atom stereocenters. The lowest BCUT2D eigenvalue weighted by atomic mass is 10.1. The van der Waals surface area contributed by atoms with Gasteiger partial charge in [-0.2, -0.15) is 0 Å². The van der Waals surface area contributed by atoms with Crippen molar-refractivity contribution in [2.45, 2.75) is 18.5 Å². The van der Waals surface area contributed by atoms with Crippen molar-refractivity contribution in [3.63, 3.8) is 0 Å². The molecule has 0 bridgehead atoms. The lowest BCUT2D eigenvalue weighted by molar-refractivity contribution is -0.143. The van der Waals surface area contributed by atoms with Gasteiger partial charge in [-0.05, 0) is 24.1 Å². The van der Waals surface area contributed by atoms with Gasteiger partial charge in [0.2, 0.25) is 5.91 Å². The number of hydrogen-bond acceptors (Lipinski definition) is 5. The van der Waals surface area contributed by atoms with Crippen molar-refractivity contribution >= 4 is 11.9 Å². The quantitative estimate of drug-likeness (QED) is 0.441. The first-order valence-electron chi connectivity index (χ1n) is 5.61. The lowest BCUT2D eigenvalue weighted by Gasteiger charge is -2.16. The number of aliphatic hydroxyl groups is 1. The Kier molecular flexibility index (Phi) is 5.28. The highest BCUT2D eigenvalue weighted by atomic mass is 16.4. The number of amides is 1. The van der Waals surface area contributed by atoms with Crippen LogP contribution in [0.3, 0.4) is 0 Å². The predicted molar refractivity (Wildman–Crippen MR) is 66.4 cm³/mol. The first-order valence-corrected chi connectivity index (χ1v) is 5.61. The van der Waals surface area contributed by atoms with E-state index in [9.17, 15) is 9.59 Å². The molecule has 1 rings (SSSR count). The van der Waals surface area contributed by atoms with Gasteiger partial charge >= 0.3 is 5.97 Å². The second-order valence-corrected chi connectivity index (χ2v) is 4.06. The fourth-order valence-electron chi connectivity index (χ4n) is 1.44. The summed E-state index contributed by atoms with van der Waals surface area (Å²) in [7, 11) is 0. The summed E-state index contributed by atoms with van der Waals surface area (Å²) in [6.45, 7) is -0.701. The monoisotopic (exact) mass is 268 g/mol. The Morgan fingerprint density at radius 1 is 1.26 bits per heavy atom. The van der Waals surface area contributed by atoms with E-state index in [1.807, 2.05) is 0 Å². The number of nitrogens with two attached hydrogens (primary N) is 1. The number of carboxylic acid groups (broad SMARTS) is 1. The Labute approximate surface area is 109 Å². The number of rotatable bonds is 6. The fraction of sp³-hybridized carbons (Fsp3) is 0.333. The van der Waals surface area contributed by atoms with Crippen LogP contribution >= 0.6 is 0 Å². The Morgan fingerprint density at radius 3 is 2.32 bits per heavy atom. The molecule has 0 radical (unpaired) electrons. The van der Waals surface area contributed by atoms with Crippen LogP contribution in [0, 0.1) is 0 Å². The molecule has 2 atom stereocenters. The van der Waals surface area contributed by atoms with Gasteiger partial charge < -0.3 is 26.4 Å². The van der Waals surface area contributed by atoms with E-state index in [0.717, 1.165) is 5.56 Å². The first-order chi connectivity index (χ1) is 8.93. The topological polar surface area (TPSA) is 133 Å². The molecule has 0 aromatic heterocycles. The molecule has 1 aromatic rings. The summed E-state index contributed by atoms with van der Waals surface area (Å²) in [5, 5.41) is 28.7. The van der Waals surface area contributed by atoms with Crippen molar-refractivity contribution in [1.29, 1.82) is 0 Å². The number of nitrogens with one attached hydrogen (secondary N) is 1. The summed E-state index contributed by atoms with van der Waals surface area (Å²) in [5.41, 5.74) is 6.37. The van der Waals surface area contributed by atoms with E-state index in [4.69, 9.17) is 21.1 Å². The number of carbonyl (C=O) groups excluding carboxylic acids is 1. The lowest BCUT2D eigenvalue weighted by Crippen LogP contribution is -2.50. The van der Waals surface area contributed by atoms with Gasteiger partial charge in [0.15, 0.2) is 0 Å². The molecule has 6 N–H and O–H groups in total. The maximum Gasteiger partial charge on any atom is 0.328 e. The van der Waals surface area contributed by atoms with E-state index >= 15 is 0 Å². The molecule has 0 saturated carbocycles. The van der Waals surface area contributed by atoms with Crippen LogP contribution in [0.4, 0.5) is 0 Å². The number of aromatic hydroxyl groups is 1. The van der Waals surface area contributed by atoms with Crippen molar-refractivity contribution in [3.8, 4) is 5.75 Å². The molecule has 19 heavy (non-hydrogen) atoms. The molecule has 0 aliphatic carbocycles. The van der Waals surface area contributed by atoms with E-state index in [1.54, 1.807) is 12.1 Å². The van der Waals surface area contributed by atoms with Crippen molar-refractivity contribution in [1.82, 2.24) is 5.32 Å². The molecular formula is C12H16N2O5. The summed E-state index contributed by atoms with van der Waals surface area (Å²) in [5.74, 6) is -1.88. The van der Waals surface area contributed by atoms with Crippen LogP contribution in [0.1, 0.15) is 5.56 Å². The standard InChI is InChI=1S/C12H16N2O5/c13-9(5-7-1-3-8(16)4-2-7)11(17)14-10(6-15)12(18)19/h1-4,9-10,15-16H,5-6,13H2,(H,14,17)(H,18,19)/t9-,10+/m0/s1. The zero-order valence-corrected chi connectivity index (χ0v) is 10.1. The van der Waals surface area contributed by atoms with Gasteiger partial charge in [-0.1, -0.05) is 12.1 Å². The minimum atomic E-state index is -1.36. The molecular weight excluding hydrogens is 252 g/mol. The van der Waals surface area contributed by atoms with Crippen LogP contribution in [-0.4, -0.2) is 45.9 Å². The minimum Gasteiger partial charge on any atom is -0.508 e. The van der Waals surface area contributed by atoms with E-state index in [0.29, 0.717) is 0 Å². The van der Waals surface area contributed by atoms with Gasteiger partial charge in [0.1, 0.15) is 11.8 Å². The molecule has 0 heterocycles. The van der Waals surface area contributed by atoms with Gasteiger partial charge in [0.25, 0.3) is 0 Å². The van der Waals surface area contributed by atoms with Gasteiger partial charge in [-0.25, -0.2) is 4.79 Å². The molecule has 0 aliphatic rings. The third kappa shape index (κ3) is 4.57. The number of carbonyl (C=O) groups is 2. The maximum absolute atomic E-state index is 11.6. The van der Waals surface area contributed by atoms with Gasteiger partial charge in [-0.15, -0.1) is 0 Å². The number of aliphatic hydroxyl groups excluding tert-OH is 1. The predicted octanol–water partition coefficient (Wildman–Crippen LogP) is -1.18. The zero-order valence-electron chi connectivity index (χ0n) is 10.1. The Balaban J connectivity index is 2.57. The molecule has 0 aliphatic heterocycles. The molecule has 0 fully saturated rings. The minimum absolute atomic E-state index is 0.105. The highest BCUT2D eigenvalue weighted by Crippen LogP contribution is 2.10. The van der Waals surface area contributed by atoms with E-state index in [1.165, 1.54) is 12.1 Å². The van der Waals surface area contributed by atoms with E-state index < -0.39 is 30.6 Å². The third-order valence-electron chi connectivity index (χ3n) is 2.53. The average Bonchev–Trinajstić information content (AvgIpc) is 2.37. The molecule has 1 aromatic carbocycles. The Morgan fingerprint density at radius 2 is 1.84 bits per heavy atom. The number of carboxylic acids is 1. The van der Waals surface area contributed by atoms with Crippen molar-refractivity contribution < 1.29 is 24.9 Å². The Hall–Kier alpha value is -2.12. The summed E-state index contributed by atoms with van der Waals surface area (Å²) in [6, 6.07) is 3.87. The highest BCUT2D eigenvalue weighted by Gasteiger charge is 2.22. The fourth-order valence-corrected chi connectivity index (χ4v) is 1.44. The van der Waals surface area contributed by atoms with Crippen LogP contribution in [0.15, 0.2) is 24.3 Å². The summed E-state index contributed by atoms with van der Waals surface area (Å²) < 4.78 is 0. The molecule has 104 valence electrons. The summed E-state index contributed by atoms with van der Waals surface area (Å²) >= 11 is 0. The average molecular weight is 268 g/mol. The SMILES string of the molecule is N[C@@H](Cc1ccc(O)cc1)C(=O)N[C@H](CO)C(=O)O. The number of hydrogen-bond donors (Lipinski definition) is 5. The van der Waals surface area contributed by atoms with Crippen molar-refractivity contribution in [3.05, 3.63) is 29.8 Å². The molecule has 1 amide bonds. The van der Waals surface area contributed by atoms with Gasteiger partial charge in [-0.3, -0.25) is 4.79 Å². The van der Waals surface area contributed by atoms with Crippen LogP contribution in [0.5, 0.6) is 5.75 Å². The second kappa shape index (κ2) is 6.72. The number of phenolic OH excluding ortho intramolecular Hbond substituents is 1. The number of benzene rings is 1. The second-order valence-electron chi connectivity index (χ2n) is 4.06. The van der Waals surface area contributed by atoms with Crippen LogP contribution in [0.2, 0.25) is 0 Å². The van der Waals surface area contributed by atoms with Crippen LogP contribution in [0.25, 0.3) is 0 Å². The molecule has 0 spiro atoms. The van der Waals surface area contributed by atoms with Crippen molar-refractivity contribution in [2.24, 2.45) is 5.73 Å². The highest BCUT2D eigenvalue weighted by molar-refractivity contribution is 5.87. The van der Waals surface area contributed by atoms with Gasteiger partial charge in [0, 0.05) is 0 Å². The van der Waals surface area contributed by atoms with Crippen molar-refractivity contribution in [2.75, 3.05) is 6.61 Å². The smallest absolute Gasteiger partial charge is 0.328 e. The Bertz CT molecular complexity index is 446.